The van der Waals surface area contributed by atoms with Crippen molar-refractivity contribution in [2.75, 3.05) is 20.3 Å². The van der Waals surface area contributed by atoms with Gasteiger partial charge in [0.1, 0.15) is 5.58 Å². The Bertz CT molecular complexity index is 452. The van der Waals surface area contributed by atoms with E-state index in [-0.39, 0.29) is 0 Å². The zero-order chi connectivity index (χ0) is 11.4. The minimum atomic E-state index is 0.690. The number of benzene rings is 1. The molecule has 16 heavy (non-hydrogen) atoms. The summed E-state index contributed by atoms with van der Waals surface area (Å²) in [6.07, 6.45) is 2.81. The molecule has 86 valence electrons. The lowest BCUT2D eigenvalue weighted by molar-refractivity contribution is 0.312. The van der Waals surface area contributed by atoms with Gasteiger partial charge in [-0.3, -0.25) is 10.7 Å². The summed E-state index contributed by atoms with van der Waals surface area (Å²) in [5, 5.41) is 1.21. The maximum absolute atomic E-state index is 5.48. The highest BCUT2D eigenvalue weighted by Crippen LogP contribution is 2.20. The second kappa shape index (κ2) is 5.12. The minimum Gasteiger partial charge on any atom is -0.464 e. The number of para-hydroxylation sites is 1. The van der Waals surface area contributed by atoms with Crippen molar-refractivity contribution < 1.29 is 4.42 Å². The summed E-state index contributed by atoms with van der Waals surface area (Å²) in [5.74, 6) is 5.26. The molecule has 0 spiro atoms. The van der Waals surface area contributed by atoms with Crippen LogP contribution in [0.2, 0.25) is 0 Å². The highest BCUT2D eigenvalue weighted by atomic mass is 16.3. The Morgan fingerprint density at radius 3 is 3.00 bits per heavy atom. The molecule has 1 aromatic carbocycles. The number of nitrogens with two attached hydrogens (primary N) is 1. The fourth-order valence-electron chi connectivity index (χ4n) is 1.77. The van der Waals surface area contributed by atoms with E-state index in [1.807, 2.05) is 31.5 Å². The normalized spacial score (nSPS) is 11.4. The van der Waals surface area contributed by atoms with Crippen molar-refractivity contribution in [3.8, 4) is 0 Å². The Balaban J connectivity index is 2.04. The molecule has 0 aliphatic carbocycles. The summed E-state index contributed by atoms with van der Waals surface area (Å²) in [5.41, 5.74) is 4.84. The van der Waals surface area contributed by atoms with Crippen molar-refractivity contribution >= 4 is 11.0 Å². The van der Waals surface area contributed by atoms with Gasteiger partial charge in [-0.2, -0.15) is 0 Å². The smallest absolute Gasteiger partial charge is 0.134 e. The maximum atomic E-state index is 5.48. The summed E-state index contributed by atoms with van der Waals surface area (Å²) in [7, 11) is 2.03. The second-order valence-corrected chi connectivity index (χ2v) is 3.95. The van der Waals surface area contributed by atoms with Gasteiger partial charge < -0.3 is 4.42 Å². The van der Waals surface area contributed by atoms with Gasteiger partial charge in [0.15, 0.2) is 0 Å². The molecule has 0 aliphatic heterocycles. The molecule has 0 saturated carbocycles. The molecule has 1 aromatic heterocycles. The van der Waals surface area contributed by atoms with Crippen molar-refractivity contribution in [2.45, 2.75) is 6.42 Å². The third-order valence-electron chi connectivity index (χ3n) is 2.69. The minimum absolute atomic E-state index is 0.690. The summed E-state index contributed by atoms with van der Waals surface area (Å²) >= 11 is 0. The first-order valence-corrected chi connectivity index (χ1v) is 5.38. The molecule has 0 saturated heterocycles. The van der Waals surface area contributed by atoms with E-state index in [1.54, 1.807) is 0 Å². The monoisotopic (exact) mass is 219 g/mol. The number of furan rings is 1. The first-order valence-electron chi connectivity index (χ1n) is 5.38. The Labute approximate surface area is 95.0 Å². The lowest BCUT2D eigenvalue weighted by Gasteiger charge is -2.14. The standard InChI is InChI=1S/C12H17N3O/c1-15(9-14-13)7-6-10-8-16-12-5-3-2-4-11(10)12/h2-5,8,14H,6-7,9,13H2,1H3. The Morgan fingerprint density at radius 1 is 1.38 bits per heavy atom. The van der Waals surface area contributed by atoms with Gasteiger partial charge in [0, 0.05) is 11.9 Å². The first-order chi connectivity index (χ1) is 7.81. The number of hydrogen-bond acceptors (Lipinski definition) is 4. The summed E-state index contributed by atoms with van der Waals surface area (Å²) in [4.78, 5) is 2.13. The highest BCUT2D eigenvalue weighted by molar-refractivity contribution is 5.80. The fraction of sp³-hybridized carbons (Fsp3) is 0.333. The van der Waals surface area contributed by atoms with E-state index in [9.17, 15) is 0 Å². The van der Waals surface area contributed by atoms with Crippen molar-refractivity contribution in [1.29, 1.82) is 0 Å². The average molecular weight is 219 g/mol. The zero-order valence-electron chi connectivity index (χ0n) is 9.44. The average Bonchev–Trinajstić information content (AvgIpc) is 2.70. The molecule has 0 bridgehead atoms. The first kappa shape index (κ1) is 11.1. The molecule has 0 aliphatic rings. The quantitative estimate of drug-likeness (QED) is 0.452. The van der Waals surface area contributed by atoms with Crippen LogP contribution in [0.25, 0.3) is 11.0 Å². The van der Waals surface area contributed by atoms with E-state index >= 15 is 0 Å². The zero-order valence-corrected chi connectivity index (χ0v) is 9.44. The molecule has 0 amide bonds. The van der Waals surface area contributed by atoms with Crippen molar-refractivity contribution in [3.05, 3.63) is 36.1 Å². The van der Waals surface area contributed by atoms with Crippen LogP contribution in [0, 0.1) is 0 Å². The largest absolute Gasteiger partial charge is 0.464 e. The number of hydrogen-bond donors (Lipinski definition) is 2. The van der Waals surface area contributed by atoms with Crippen LogP contribution >= 0.6 is 0 Å². The molecule has 2 rings (SSSR count). The topological polar surface area (TPSA) is 54.4 Å². The van der Waals surface area contributed by atoms with E-state index in [1.165, 1.54) is 10.9 Å². The van der Waals surface area contributed by atoms with Gasteiger partial charge in [0.2, 0.25) is 0 Å². The molecule has 1 heterocycles. The highest BCUT2D eigenvalue weighted by Gasteiger charge is 2.05. The molecule has 3 N–H and O–H groups in total. The molecule has 2 aromatic rings. The predicted molar refractivity (Wildman–Crippen MR) is 64.7 cm³/mol. The van der Waals surface area contributed by atoms with Crippen LogP contribution in [-0.4, -0.2) is 25.2 Å². The van der Waals surface area contributed by atoms with E-state index in [0.29, 0.717) is 6.67 Å². The maximum Gasteiger partial charge on any atom is 0.134 e. The van der Waals surface area contributed by atoms with Crippen LogP contribution in [0.3, 0.4) is 0 Å². The van der Waals surface area contributed by atoms with Gasteiger partial charge in [-0.1, -0.05) is 18.2 Å². The molecule has 0 fully saturated rings. The molecular weight excluding hydrogens is 202 g/mol. The Morgan fingerprint density at radius 2 is 2.19 bits per heavy atom. The molecule has 0 unspecified atom stereocenters. The number of hydrazine groups is 1. The third-order valence-corrected chi connectivity index (χ3v) is 2.69. The van der Waals surface area contributed by atoms with Crippen LogP contribution in [0.15, 0.2) is 34.9 Å². The van der Waals surface area contributed by atoms with Gasteiger partial charge in [0.05, 0.1) is 12.9 Å². The summed E-state index contributed by atoms with van der Waals surface area (Å²) in [6, 6.07) is 8.10. The van der Waals surface area contributed by atoms with Gasteiger partial charge >= 0.3 is 0 Å². The predicted octanol–water partition coefficient (Wildman–Crippen LogP) is 1.33. The van der Waals surface area contributed by atoms with Crippen molar-refractivity contribution in [2.24, 2.45) is 5.84 Å². The number of nitrogens with one attached hydrogen (secondary N) is 1. The van der Waals surface area contributed by atoms with Crippen LogP contribution in [0.4, 0.5) is 0 Å². The number of fused-ring (bicyclic) bond motifs is 1. The second-order valence-electron chi connectivity index (χ2n) is 3.95. The van der Waals surface area contributed by atoms with Crippen LogP contribution in [-0.2, 0) is 6.42 Å². The number of rotatable bonds is 5. The lowest BCUT2D eigenvalue weighted by atomic mass is 10.1. The van der Waals surface area contributed by atoms with Crippen molar-refractivity contribution in [1.82, 2.24) is 10.3 Å². The summed E-state index contributed by atoms with van der Waals surface area (Å²) in [6.45, 7) is 1.64. The lowest BCUT2D eigenvalue weighted by Crippen LogP contribution is -2.36. The van der Waals surface area contributed by atoms with Gasteiger partial charge in [-0.25, -0.2) is 5.43 Å². The van der Waals surface area contributed by atoms with E-state index in [0.717, 1.165) is 18.5 Å². The molecule has 4 nitrogen and oxygen atoms in total. The molecule has 0 radical (unpaired) electrons. The van der Waals surface area contributed by atoms with Gasteiger partial charge in [0.25, 0.3) is 0 Å². The van der Waals surface area contributed by atoms with E-state index in [4.69, 9.17) is 10.3 Å². The fourth-order valence-corrected chi connectivity index (χ4v) is 1.77. The molecule has 0 atom stereocenters. The van der Waals surface area contributed by atoms with E-state index in [2.05, 4.69) is 16.4 Å². The molecule has 4 heteroatoms. The SMILES string of the molecule is CN(CCc1coc2ccccc12)CNN. The van der Waals surface area contributed by atoms with Crippen LogP contribution in [0.1, 0.15) is 5.56 Å². The van der Waals surface area contributed by atoms with E-state index < -0.39 is 0 Å². The molecular formula is C12H17N3O. The van der Waals surface area contributed by atoms with Gasteiger partial charge in [-0.05, 0) is 25.1 Å². The van der Waals surface area contributed by atoms with Gasteiger partial charge in [-0.15, -0.1) is 0 Å². The van der Waals surface area contributed by atoms with Crippen molar-refractivity contribution in [3.63, 3.8) is 0 Å². The Kier molecular flexibility index (Phi) is 3.56. The van der Waals surface area contributed by atoms with Crippen LogP contribution in [0.5, 0.6) is 0 Å². The summed E-state index contributed by atoms with van der Waals surface area (Å²) < 4.78 is 5.48. The number of nitrogens with zero attached hydrogens (tertiary/aromatic N) is 1. The third kappa shape index (κ3) is 2.41. The van der Waals surface area contributed by atoms with Crippen LogP contribution < -0.4 is 11.3 Å². The Hall–Kier alpha value is -1.36. The number of likely N-dealkylation sites (N-methyl/N-ethyl adjacent to an activating group) is 1.